The van der Waals surface area contributed by atoms with Crippen molar-refractivity contribution in [3.63, 3.8) is 0 Å². The third-order valence-electron chi connectivity index (χ3n) is 4.17. The number of carbonyl (C=O) groups excluding carboxylic acids is 1. The first-order valence-corrected chi connectivity index (χ1v) is 8.59. The number of nitrogens with zero attached hydrogens (tertiary/aromatic N) is 3. The SMILES string of the molecule is CCN(C(=O)c1ccc(=O)n(Cc2ccc(C)cc2)n1)c1ccccc1. The second-order valence-corrected chi connectivity index (χ2v) is 6.09. The molecule has 0 aliphatic rings. The topological polar surface area (TPSA) is 55.2 Å². The Morgan fingerprint density at radius 3 is 2.35 bits per heavy atom. The Morgan fingerprint density at radius 1 is 1.00 bits per heavy atom. The van der Waals surface area contributed by atoms with Crippen LogP contribution in [0.4, 0.5) is 5.69 Å². The fourth-order valence-corrected chi connectivity index (χ4v) is 2.73. The third kappa shape index (κ3) is 3.88. The smallest absolute Gasteiger partial charge is 0.278 e. The largest absolute Gasteiger partial charge is 0.307 e. The molecule has 0 bridgehead atoms. The molecule has 1 heterocycles. The van der Waals surface area contributed by atoms with Gasteiger partial charge in [-0.05, 0) is 37.6 Å². The van der Waals surface area contributed by atoms with Crippen LogP contribution in [0.3, 0.4) is 0 Å². The highest BCUT2D eigenvalue weighted by Gasteiger charge is 2.18. The van der Waals surface area contributed by atoms with Crippen LogP contribution < -0.4 is 10.5 Å². The molecule has 0 spiro atoms. The maximum Gasteiger partial charge on any atom is 0.278 e. The second kappa shape index (κ2) is 7.78. The van der Waals surface area contributed by atoms with Crippen LogP contribution >= 0.6 is 0 Å². The van der Waals surface area contributed by atoms with Gasteiger partial charge in [0.1, 0.15) is 5.69 Å². The van der Waals surface area contributed by atoms with Gasteiger partial charge in [-0.1, -0.05) is 48.0 Å². The lowest BCUT2D eigenvalue weighted by Gasteiger charge is -2.20. The molecular weight excluding hydrogens is 326 g/mol. The number of benzene rings is 2. The standard InChI is InChI=1S/C21H21N3O2/c1-3-23(18-7-5-4-6-8-18)21(26)19-13-14-20(25)24(22-19)15-17-11-9-16(2)10-12-17/h4-14H,3,15H2,1-2H3. The molecular formula is C21H21N3O2. The third-order valence-corrected chi connectivity index (χ3v) is 4.17. The molecule has 0 fully saturated rings. The van der Waals surface area contributed by atoms with E-state index in [0.29, 0.717) is 13.1 Å². The zero-order chi connectivity index (χ0) is 18.5. The Morgan fingerprint density at radius 2 is 1.69 bits per heavy atom. The Hall–Kier alpha value is -3.21. The summed E-state index contributed by atoms with van der Waals surface area (Å²) in [5, 5.41) is 4.30. The first-order valence-electron chi connectivity index (χ1n) is 8.59. The maximum atomic E-state index is 12.9. The predicted octanol–water partition coefficient (Wildman–Crippen LogP) is 3.27. The van der Waals surface area contributed by atoms with Crippen molar-refractivity contribution in [2.24, 2.45) is 0 Å². The number of para-hydroxylation sites is 1. The van der Waals surface area contributed by atoms with E-state index >= 15 is 0 Å². The minimum atomic E-state index is -0.232. The number of aromatic nitrogens is 2. The first-order chi connectivity index (χ1) is 12.6. The summed E-state index contributed by atoms with van der Waals surface area (Å²) in [6.45, 7) is 4.77. The lowest BCUT2D eigenvalue weighted by molar-refractivity contribution is 0.0981. The van der Waals surface area contributed by atoms with Gasteiger partial charge in [-0.3, -0.25) is 9.59 Å². The maximum absolute atomic E-state index is 12.9. The van der Waals surface area contributed by atoms with Crippen molar-refractivity contribution in [1.29, 1.82) is 0 Å². The van der Waals surface area contributed by atoms with Crippen LogP contribution in [-0.2, 0) is 6.54 Å². The van der Waals surface area contributed by atoms with E-state index in [1.54, 1.807) is 4.90 Å². The molecule has 3 aromatic rings. The number of amides is 1. The van der Waals surface area contributed by atoms with Gasteiger partial charge < -0.3 is 4.90 Å². The molecule has 26 heavy (non-hydrogen) atoms. The van der Waals surface area contributed by atoms with E-state index < -0.39 is 0 Å². The zero-order valence-electron chi connectivity index (χ0n) is 14.9. The van der Waals surface area contributed by atoms with Crippen molar-refractivity contribution in [2.75, 3.05) is 11.4 Å². The molecule has 0 radical (unpaired) electrons. The Labute approximate surface area is 152 Å². The Bertz CT molecular complexity index is 947. The molecule has 0 unspecified atom stereocenters. The van der Waals surface area contributed by atoms with Gasteiger partial charge in [0.25, 0.3) is 11.5 Å². The molecule has 0 aliphatic heterocycles. The molecule has 0 atom stereocenters. The van der Waals surface area contributed by atoms with E-state index in [2.05, 4.69) is 5.10 Å². The average molecular weight is 347 g/mol. The van der Waals surface area contributed by atoms with Crippen LogP contribution in [0.25, 0.3) is 0 Å². The molecule has 0 saturated carbocycles. The number of aryl methyl sites for hydroxylation is 1. The fraction of sp³-hybridized carbons (Fsp3) is 0.190. The van der Waals surface area contributed by atoms with Gasteiger partial charge in [-0.25, -0.2) is 4.68 Å². The van der Waals surface area contributed by atoms with Crippen molar-refractivity contribution in [3.05, 3.63) is 93.9 Å². The van der Waals surface area contributed by atoms with Crippen LogP contribution in [0.15, 0.2) is 71.5 Å². The molecule has 0 saturated heterocycles. The Balaban J connectivity index is 1.89. The molecule has 1 amide bonds. The summed E-state index contributed by atoms with van der Waals surface area (Å²) < 4.78 is 1.33. The number of hydrogen-bond acceptors (Lipinski definition) is 3. The first kappa shape index (κ1) is 17.6. The lowest BCUT2D eigenvalue weighted by Crippen LogP contribution is -2.34. The molecule has 1 aromatic heterocycles. The number of carbonyl (C=O) groups is 1. The number of rotatable bonds is 5. The second-order valence-electron chi connectivity index (χ2n) is 6.09. The average Bonchev–Trinajstić information content (AvgIpc) is 2.66. The normalized spacial score (nSPS) is 10.5. The number of anilines is 1. The van der Waals surface area contributed by atoms with Crippen LogP contribution in [0.5, 0.6) is 0 Å². The highest BCUT2D eigenvalue weighted by molar-refractivity contribution is 6.04. The molecule has 0 aliphatic carbocycles. The summed E-state index contributed by atoms with van der Waals surface area (Å²) in [4.78, 5) is 26.7. The minimum absolute atomic E-state index is 0.226. The van der Waals surface area contributed by atoms with Crippen LogP contribution in [0.2, 0.25) is 0 Å². The summed E-state index contributed by atoms with van der Waals surface area (Å²) in [5.74, 6) is -0.226. The molecule has 2 aromatic carbocycles. The lowest BCUT2D eigenvalue weighted by atomic mass is 10.1. The van der Waals surface area contributed by atoms with E-state index in [0.717, 1.165) is 16.8 Å². The van der Waals surface area contributed by atoms with Crippen molar-refractivity contribution in [1.82, 2.24) is 9.78 Å². The summed E-state index contributed by atoms with van der Waals surface area (Å²) in [7, 11) is 0. The van der Waals surface area contributed by atoms with E-state index in [-0.39, 0.29) is 17.2 Å². The van der Waals surface area contributed by atoms with Gasteiger partial charge in [-0.2, -0.15) is 5.10 Å². The van der Waals surface area contributed by atoms with Crippen LogP contribution in [-0.4, -0.2) is 22.2 Å². The summed E-state index contributed by atoms with van der Waals surface area (Å²) in [6, 6.07) is 20.2. The van der Waals surface area contributed by atoms with Crippen LogP contribution in [0, 0.1) is 6.92 Å². The van der Waals surface area contributed by atoms with E-state index in [9.17, 15) is 9.59 Å². The van der Waals surface area contributed by atoms with Gasteiger partial charge in [0, 0.05) is 18.3 Å². The highest BCUT2D eigenvalue weighted by Crippen LogP contribution is 2.15. The van der Waals surface area contributed by atoms with Gasteiger partial charge in [-0.15, -0.1) is 0 Å². The molecule has 5 nitrogen and oxygen atoms in total. The van der Waals surface area contributed by atoms with Gasteiger partial charge >= 0.3 is 0 Å². The minimum Gasteiger partial charge on any atom is -0.307 e. The highest BCUT2D eigenvalue weighted by atomic mass is 16.2. The Kier molecular flexibility index (Phi) is 5.27. The van der Waals surface area contributed by atoms with Crippen molar-refractivity contribution in [2.45, 2.75) is 20.4 Å². The van der Waals surface area contributed by atoms with E-state index in [4.69, 9.17) is 0 Å². The summed E-state index contributed by atoms with van der Waals surface area (Å²) >= 11 is 0. The quantitative estimate of drug-likeness (QED) is 0.712. The molecule has 0 N–H and O–H groups in total. The van der Waals surface area contributed by atoms with Crippen molar-refractivity contribution in [3.8, 4) is 0 Å². The fourth-order valence-electron chi connectivity index (χ4n) is 2.73. The van der Waals surface area contributed by atoms with Crippen molar-refractivity contribution >= 4 is 11.6 Å². The zero-order valence-corrected chi connectivity index (χ0v) is 14.9. The summed E-state index contributed by atoms with van der Waals surface area (Å²) in [5.41, 5.74) is 2.94. The van der Waals surface area contributed by atoms with Gasteiger partial charge in [0.15, 0.2) is 0 Å². The number of hydrogen-bond donors (Lipinski definition) is 0. The van der Waals surface area contributed by atoms with Crippen LogP contribution in [0.1, 0.15) is 28.5 Å². The monoisotopic (exact) mass is 347 g/mol. The van der Waals surface area contributed by atoms with E-state index in [1.165, 1.54) is 16.8 Å². The summed E-state index contributed by atoms with van der Waals surface area (Å²) in [6.07, 6.45) is 0. The molecule has 132 valence electrons. The predicted molar refractivity (Wildman–Crippen MR) is 103 cm³/mol. The van der Waals surface area contributed by atoms with Gasteiger partial charge in [0.2, 0.25) is 0 Å². The van der Waals surface area contributed by atoms with Gasteiger partial charge in [0.05, 0.1) is 6.54 Å². The molecule has 5 heteroatoms. The van der Waals surface area contributed by atoms with Crippen molar-refractivity contribution < 1.29 is 4.79 Å². The molecule has 3 rings (SSSR count). The van der Waals surface area contributed by atoms with E-state index in [1.807, 2.05) is 68.4 Å².